The summed E-state index contributed by atoms with van der Waals surface area (Å²) in [6.45, 7) is 0. The van der Waals surface area contributed by atoms with Crippen LogP contribution in [0.3, 0.4) is 0 Å². The fourth-order valence-electron chi connectivity index (χ4n) is 8.14. The molecule has 3 nitrogen and oxygen atoms in total. The molecule has 11 aromatic rings. The van der Waals surface area contributed by atoms with E-state index in [4.69, 9.17) is 15.0 Å². The molecule has 0 unspecified atom stereocenters. The highest BCUT2D eigenvalue weighted by molar-refractivity contribution is 6.11. The predicted octanol–water partition coefficient (Wildman–Crippen LogP) is 14.0. The Morgan fingerprint density at radius 1 is 0.268 bits per heavy atom. The number of hydrogen-bond acceptors (Lipinski definition) is 3. The molecule has 2 heterocycles. The van der Waals surface area contributed by atoms with Crippen LogP contribution in [-0.2, 0) is 0 Å². The fraction of sp³-hybridized carbons (Fsp3) is 0. The van der Waals surface area contributed by atoms with Crippen molar-refractivity contribution in [1.29, 1.82) is 0 Å². The standard InChI is InChI=1S/C53H33N3/c1-2-14-38(15-3-1)51-47-28-27-37-23-26-43(31-48(37)52(47)56-53(55-51)46-20-10-18-36-13-8-9-19-45(36)46)50-33-44(41-24-21-34-11-4-6-16-39(34)29-41)32-49(54-50)42-25-22-35-12-5-7-17-40(35)30-42/h1-33H. The Labute approximate surface area is 324 Å². The lowest BCUT2D eigenvalue weighted by Crippen LogP contribution is -1.97. The highest BCUT2D eigenvalue weighted by Gasteiger charge is 2.17. The first-order valence-electron chi connectivity index (χ1n) is 19.0. The second-order valence-corrected chi connectivity index (χ2v) is 14.4. The molecule has 0 amide bonds. The van der Waals surface area contributed by atoms with E-state index in [9.17, 15) is 0 Å². The molecular formula is C53H33N3. The molecule has 0 aliphatic rings. The third-order valence-electron chi connectivity index (χ3n) is 11.0. The predicted molar refractivity (Wildman–Crippen MR) is 235 cm³/mol. The zero-order chi connectivity index (χ0) is 37.0. The molecule has 0 atom stereocenters. The normalized spacial score (nSPS) is 11.6. The maximum absolute atomic E-state index is 5.40. The van der Waals surface area contributed by atoms with Crippen LogP contribution in [0.1, 0.15) is 0 Å². The van der Waals surface area contributed by atoms with E-state index in [1.165, 1.54) is 21.5 Å². The Morgan fingerprint density at radius 3 is 1.57 bits per heavy atom. The summed E-state index contributed by atoms with van der Waals surface area (Å²) in [6, 6.07) is 71.1. The van der Waals surface area contributed by atoms with Crippen LogP contribution < -0.4 is 0 Å². The third kappa shape index (κ3) is 5.57. The van der Waals surface area contributed by atoms with E-state index in [2.05, 4.69) is 194 Å². The number of aromatic nitrogens is 3. The summed E-state index contributed by atoms with van der Waals surface area (Å²) >= 11 is 0. The Bertz CT molecular complexity index is 3210. The average Bonchev–Trinajstić information content (AvgIpc) is 3.28. The Morgan fingerprint density at radius 2 is 0.821 bits per heavy atom. The molecule has 0 aliphatic heterocycles. The molecule has 3 heteroatoms. The zero-order valence-electron chi connectivity index (χ0n) is 30.4. The summed E-state index contributed by atoms with van der Waals surface area (Å²) in [5.74, 6) is 0.709. The molecular weight excluding hydrogens is 679 g/mol. The smallest absolute Gasteiger partial charge is 0.161 e. The van der Waals surface area contributed by atoms with E-state index in [0.717, 1.165) is 82.9 Å². The topological polar surface area (TPSA) is 38.7 Å². The highest BCUT2D eigenvalue weighted by Crippen LogP contribution is 2.38. The minimum atomic E-state index is 0.709. The number of fused-ring (bicyclic) bond motifs is 6. The first-order valence-corrected chi connectivity index (χ1v) is 19.0. The molecule has 56 heavy (non-hydrogen) atoms. The Kier molecular flexibility index (Phi) is 7.49. The fourth-order valence-corrected chi connectivity index (χ4v) is 8.14. The van der Waals surface area contributed by atoms with E-state index in [1.54, 1.807) is 0 Å². The second-order valence-electron chi connectivity index (χ2n) is 14.4. The third-order valence-corrected chi connectivity index (χ3v) is 11.0. The van der Waals surface area contributed by atoms with Crippen molar-refractivity contribution in [1.82, 2.24) is 15.0 Å². The van der Waals surface area contributed by atoms with Gasteiger partial charge in [0.15, 0.2) is 5.82 Å². The van der Waals surface area contributed by atoms with Crippen molar-refractivity contribution < 1.29 is 0 Å². The number of pyridine rings is 1. The zero-order valence-corrected chi connectivity index (χ0v) is 30.4. The van der Waals surface area contributed by atoms with Gasteiger partial charge < -0.3 is 0 Å². The van der Waals surface area contributed by atoms with E-state index < -0.39 is 0 Å². The van der Waals surface area contributed by atoms with Crippen molar-refractivity contribution in [3.63, 3.8) is 0 Å². The van der Waals surface area contributed by atoms with Gasteiger partial charge in [0.1, 0.15) is 0 Å². The van der Waals surface area contributed by atoms with E-state index in [-0.39, 0.29) is 0 Å². The summed E-state index contributed by atoms with van der Waals surface area (Å²) in [7, 11) is 0. The highest BCUT2D eigenvalue weighted by atomic mass is 14.9. The Hall–Kier alpha value is -7.49. The summed E-state index contributed by atoms with van der Waals surface area (Å²) < 4.78 is 0. The van der Waals surface area contributed by atoms with E-state index in [0.29, 0.717) is 5.82 Å². The lowest BCUT2D eigenvalue weighted by Gasteiger charge is -2.14. The van der Waals surface area contributed by atoms with Crippen LogP contribution in [0, 0.1) is 0 Å². The second kappa shape index (κ2) is 13.1. The quantitative estimate of drug-likeness (QED) is 0.167. The average molecular weight is 712 g/mol. The van der Waals surface area contributed by atoms with Crippen LogP contribution in [0.2, 0.25) is 0 Å². The van der Waals surface area contributed by atoms with Crippen LogP contribution in [-0.4, -0.2) is 15.0 Å². The van der Waals surface area contributed by atoms with Gasteiger partial charge in [-0.05, 0) is 85.2 Å². The summed E-state index contributed by atoms with van der Waals surface area (Å²) in [5, 5.41) is 10.3. The summed E-state index contributed by atoms with van der Waals surface area (Å²) in [4.78, 5) is 16.1. The number of benzene rings is 9. The maximum Gasteiger partial charge on any atom is 0.161 e. The van der Waals surface area contributed by atoms with Crippen molar-refractivity contribution in [2.45, 2.75) is 0 Å². The van der Waals surface area contributed by atoms with Gasteiger partial charge in [0.2, 0.25) is 0 Å². The molecule has 0 bridgehead atoms. The van der Waals surface area contributed by atoms with Crippen molar-refractivity contribution in [3.8, 4) is 56.3 Å². The molecule has 11 rings (SSSR count). The monoisotopic (exact) mass is 711 g/mol. The van der Waals surface area contributed by atoms with Crippen molar-refractivity contribution in [3.05, 3.63) is 200 Å². The first kappa shape index (κ1) is 32.0. The maximum atomic E-state index is 5.40. The lowest BCUT2D eigenvalue weighted by atomic mass is 9.95. The number of hydrogen-bond donors (Lipinski definition) is 0. The molecule has 0 fully saturated rings. The van der Waals surface area contributed by atoms with Crippen molar-refractivity contribution >= 4 is 54.0 Å². The van der Waals surface area contributed by atoms with Gasteiger partial charge in [0.05, 0.1) is 22.6 Å². The minimum absolute atomic E-state index is 0.709. The lowest BCUT2D eigenvalue weighted by molar-refractivity contribution is 1.24. The van der Waals surface area contributed by atoms with Gasteiger partial charge in [0.25, 0.3) is 0 Å². The van der Waals surface area contributed by atoms with Crippen LogP contribution >= 0.6 is 0 Å². The van der Waals surface area contributed by atoms with E-state index >= 15 is 0 Å². The van der Waals surface area contributed by atoms with Gasteiger partial charge >= 0.3 is 0 Å². The molecule has 0 spiro atoms. The van der Waals surface area contributed by atoms with Gasteiger partial charge in [-0.3, -0.25) is 0 Å². The van der Waals surface area contributed by atoms with Gasteiger partial charge in [-0.1, -0.05) is 164 Å². The molecule has 0 aliphatic carbocycles. The van der Waals surface area contributed by atoms with Gasteiger partial charge in [0, 0.05) is 33.0 Å². The molecule has 0 saturated carbocycles. The first-order chi connectivity index (χ1) is 27.7. The Balaban J connectivity index is 1.15. The molecule has 260 valence electrons. The largest absolute Gasteiger partial charge is 0.248 e. The van der Waals surface area contributed by atoms with Crippen molar-refractivity contribution in [2.24, 2.45) is 0 Å². The van der Waals surface area contributed by atoms with Crippen molar-refractivity contribution in [2.75, 3.05) is 0 Å². The summed E-state index contributed by atoms with van der Waals surface area (Å²) in [5.41, 5.74) is 10.1. The van der Waals surface area contributed by atoms with Crippen LogP contribution in [0.5, 0.6) is 0 Å². The number of rotatable bonds is 5. The van der Waals surface area contributed by atoms with Gasteiger partial charge in [-0.25, -0.2) is 15.0 Å². The minimum Gasteiger partial charge on any atom is -0.248 e. The molecule has 9 aromatic carbocycles. The van der Waals surface area contributed by atoms with Gasteiger partial charge in [-0.2, -0.15) is 0 Å². The molecule has 0 N–H and O–H groups in total. The van der Waals surface area contributed by atoms with Crippen LogP contribution in [0.4, 0.5) is 0 Å². The van der Waals surface area contributed by atoms with Crippen LogP contribution in [0.25, 0.3) is 110 Å². The molecule has 2 aromatic heterocycles. The van der Waals surface area contributed by atoms with Gasteiger partial charge in [-0.15, -0.1) is 0 Å². The molecule has 0 radical (unpaired) electrons. The summed E-state index contributed by atoms with van der Waals surface area (Å²) in [6.07, 6.45) is 0. The number of nitrogens with zero attached hydrogens (tertiary/aromatic N) is 3. The molecule has 0 saturated heterocycles. The SMILES string of the molecule is c1ccc(-c2nc(-c3cccc4ccccc34)nc3c2ccc2ccc(-c4cc(-c5ccc6ccccc6c5)cc(-c5ccc6ccccc6c5)n4)cc23)cc1. The van der Waals surface area contributed by atoms with Crippen LogP contribution in [0.15, 0.2) is 200 Å². The van der Waals surface area contributed by atoms with E-state index in [1.807, 2.05) is 6.07 Å².